The molecule has 0 unspecified atom stereocenters. The molecule has 5 nitrogen and oxygen atoms in total. The van der Waals surface area contributed by atoms with Crippen molar-refractivity contribution in [3.05, 3.63) is 45.7 Å². The van der Waals surface area contributed by atoms with Crippen molar-refractivity contribution in [1.82, 2.24) is 9.97 Å². The molecule has 2 aromatic rings. The highest BCUT2D eigenvalue weighted by atomic mass is 35.5. The van der Waals surface area contributed by atoms with E-state index in [2.05, 4.69) is 15.3 Å². The van der Waals surface area contributed by atoms with Gasteiger partial charge in [0.05, 0.1) is 17.2 Å². The molecular weight excluding hydrogens is 334 g/mol. The fourth-order valence-electron chi connectivity index (χ4n) is 2.43. The molecule has 1 aliphatic rings. The van der Waals surface area contributed by atoms with E-state index in [0.29, 0.717) is 21.4 Å². The van der Waals surface area contributed by atoms with Gasteiger partial charge in [-0.15, -0.1) is 0 Å². The number of benzene rings is 1. The van der Waals surface area contributed by atoms with Gasteiger partial charge in [0.1, 0.15) is 0 Å². The van der Waals surface area contributed by atoms with Crippen molar-refractivity contribution >= 4 is 40.7 Å². The molecule has 1 amide bonds. The molecule has 118 valence electrons. The van der Waals surface area contributed by atoms with Crippen LogP contribution in [0.25, 0.3) is 0 Å². The summed E-state index contributed by atoms with van der Waals surface area (Å²) in [6.07, 6.45) is 0.278. The van der Waals surface area contributed by atoms with Crippen molar-refractivity contribution in [2.45, 2.75) is 25.4 Å². The molecule has 0 radical (unpaired) electrons. The summed E-state index contributed by atoms with van der Waals surface area (Å²) in [6.45, 7) is 3.78. The Hall–Kier alpha value is -1.92. The van der Waals surface area contributed by atoms with Crippen molar-refractivity contribution in [2.24, 2.45) is 0 Å². The number of halogens is 1. The van der Waals surface area contributed by atoms with Crippen LogP contribution < -0.4 is 5.32 Å². The third-order valence-corrected chi connectivity index (χ3v) is 4.57. The van der Waals surface area contributed by atoms with E-state index >= 15 is 0 Å². The van der Waals surface area contributed by atoms with Crippen molar-refractivity contribution in [3.8, 4) is 0 Å². The Morgan fingerprint density at radius 2 is 1.96 bits per heavy atom. The molecule has 1 aromatic carbocycles. The van der Waals surface area contributed by atoms with E-state index < -0.39 is 0 Å². The maximum atomic E-state index is 12.4. The Bertz CT molecular complexity index is 803. The van der Waals surface area contributed by atoms with Crippen LogP contribution in [-0.2, 0) is 11.2 Å². The molecule has 0 aliphatic carbocycles. The average Bonchev–Trinajstić information content (AvgIpc) is 2.82. The van der Waals surface area contributed by atoms with Crippen molar-refractivity contribution in [1.29, 1.82) is 0 Å². The minimum Gasteiger partial charge on any atom is -0.325 e. The van der Waals surface area contributed by atoms with E-state index in [1.807, 2.05) is 19.9 Å². The maximum absolute atomic E-state index is 12.4. The Balaban J connectivity index is 1.76. The number of amides is 1. The first-order chi connectivity index (χ1) is 10.9. The number of nitrogens with zero attached hydrogens (tertiary/aromatic N) is 2. The van der Waals surface area contributed by atoms with Crippen LogP contribution in [0, 0.1) is 13.8 Å². The van der Waals surface area contributed by atoms with Crippen LogP contribution in [0.2, 0.25) is 5.02 Å². The summed E-state index contributed by atoms with van der Waals surface area (Å²) in [5.74, 6) is 0.00607. The zero-order chi connectivity index (χ0) is 16.6. The first kappa shape index (κ1) is 16.0. The third-order valence-electron chi connectivity index (χ3n) is 3.41. The molecule has 0 fully saturated rings. The highest BCUT2D eigenvalue weighted by Gasteiger charge is 2.22. The molecule has 0 atom stereocenters. The van der Waals surface area contributed by atoms with Gasteiger partial charge in [-0.3, -0.25) is 9.59 Å². The number of ketones is 1. The predicted octanol–water partition coefficient (Wildman–Crippen LogP) is 3.22. The lowest BCUT2D eigenvalue weighted by Gasteiger charge is -2.07. The fourth-order valence-corrected chi connectivity index (χ4v) is 3.53. The monoisotopic (exact) mass is 347 g/mol. The van der Waals surface area contributed by atoms with Crippen molar-refractivity contribution in [3.63, 3.8) is 0 Å². The summed E-state index contributed by atoms with van der Waals surface area (Å²) in [4.78, 5) is 32.4. The first-order valence-corrected chi connectivity index (χ1v) is 8.39. The number of nitrogens with one attached hydrogen (secondary N) is 1. The number of rotatable bonds is 4. The van der Waals surface area contributed by atoms with Crippen LogP contribution in [0.4, 0.5) is 5.69 Å². The van der Waals surface area contributed by atoms with Gasteiger partial charge in [-0.1, -0.05) is 23.4 Å². The van der Waals surface area contributed by atoms with E-state index in [1.165, 1.54) is 11.8 Å². The molecule has 3 rings (SSSR count). The van der Waals surface area contributed by atoms with Crippen LogP contribution in [-0.4, -0.2) is 27.4 Å². The molecule has 0 bridgehead atoms. The highest BCUT2D eigenvalue weighted by molar-refractivity contribution is 7.99. The van der Waals surface area contributed by atoms with Gasteiger partial charge in [-0.2, -0.15) is 0 Å². The summed E-state index contributed by atoms with van der Waals surface area (Å²) in [7, 11) is 0. The van der Waals surface area contributed by atoms with Crippen LogP contribution >= 0.6 is 23.4 Å². The summed E-state index contributed by atoms with van der Waals surface area (Å²) in [5.41, 5.74) is 3.65. The van der Waals surface area contributed by atoms with Crippen LogP contribution in [0.15, 0.2) is 23.4 Å². The molecule has 1 aromatic heterocycles. The van der Waals surface area contributed by atoms with Gasteiger partial charge in [0.25, 0.3) is 0 Å². The van der Waals surface area contributed by atoms with Gasteiger partial charge in [-0.25, -0.2) is 9.97 Å². The van der Waals surface area contributed by atoms with E-state index in [1.54, 1.807) is 12.1 Å². The minimum atomic E-state index is -0.107. The van der Waals surface area contributed by atoms with Gasteiger partial charge in [-0.05, 0) is 37.6 Å². The second kappa shape index (κ2) is 6.29. The van der Waals surface area contributed by atoms with E-state index in [0.717, 1.165) is 17.0 Å². The number of carbonyl (C=O) groups excluding carboxylic acids is 2. The maximum Gasteiger partial charge on any atom is 0.228 e. The van der Waals surface area contributed by atoms with Gasteiger partial charge in [0, 0.05) is 22.6 Å². The van der Waals surface area contributed by atoms with Crippen LogP contribution in [0.3, 0.4) is 0 Å². The zero-order valence-corrected chi connectivity index (χ0v) is 14.2. The standard InChI is InChI=1S/C16H14ClN3O2S/c1-8-3-9(2)19-16(18-8)23-7-14(21)11-4-10-5-15(22)20-13(10)6-12(11)17/h3-4,6H,5,7H2,1-2H3,(H,20,22). The zero-order valence-electron chi connectivity index (χ0n) is 12.6. The minimum absolute atomic E-state index is 0.0846. The molecule has 0 spiro atoms. The molecule has 1 aliphatic heterocycles. The normalized spacial score (nSPS) is 12.9. The lowest BCUT2D eigenvalue weighted by Crippen LogP contribution is -2.05. The molecule has 0 saturated carbocycles. The van der Waals surface area contributed by atoms with Gasteiger partial charge < -0.3 is 5.32 Å². The number of aromatic nitrogens is 2. The number of hydrogen-bond donors (Lipinski definition) is 1. The summed E-state index contributed by atoms with van der Waals surface area (Å²) >= 11 is 7.45. The Kier molecular flexibility index (Phi) is 4.37. The van der Waals surface area contributed by atoms with Crippen LogP contribution in [0.1, 0.15) is 27.3 Å². The van der Waals surface area contributed by atoms with Gasteiger partial charge in [0.2, 0.25) is 5.91 Å². The third kappa shape index (κ3) is 3.54. The predicted molar refractivity (Wildman–Crippen MR) is 90.3 cm³/mol. The second-order valence-corrected chi connectivity index (χ2v) is 6.71. The molecule has 23 heavy (non-hydrogen) atoms. The smallest absolute Gasteiger partial charge is 0.228 e. The fraction of sp³-hybridized carbons (Fsp3) is 0.250. The average molecular weight is 348 g/mol. The quantitative estimate of drug-likeness (QED) is 0.522. The van der Waals surface area contributed by atoms with Crippen molar-refractivity contribution < 1.29 is 9.59 Å². The first-order valence-electron chi connectivity index (χ1n) is 7.03. The van der Waals surface area contributed by atoms with Crippen LogP contribution in [0.5, 0.6) is 0 Å². The number of aryl methyl sites for hydroxylation is 2. The molecular formula is C16H14ClN3O2S. The Morgan fingerprint density at radius 3 is 2.65 bits per heavy atom. The Labute approximate surface area is 142 Å². The number of anilines is 1. The summed E-state index contributed by atoms with van der Waals surface area (Å²) in [5, 5.41) is 3.63. The number of fused-ring (bicyclic) bond motifs is 1. The molecule has 0 saturated heterocycles. The summed E-state index contributed by atoms with van der Waals surface area (Å²) < 4.78 is 0. The molecule has 1 N–H and O–H groups in total. The number of hydrogen-bond acceptors (Lipinski definition) is 5. The number of carbonyl (C=O) groups is 2. The van der Waals surface area contributed by atoms with Crippen molar-refractivity contribution in [2.75, 3.05) is 11.1 Å². The van der Waals surface area contributed by atoms with E-state index in [-0.39, 0.29) is 23.9 Å². The van der Waals surface area contributed by atoms with E-state index in [4.69, 9.17) is 11.6 Å². The summed E-state index contributed by atoms with van der Waals surface area (Å²) in [6, 6.07) is 5.21. The molecule has 2 heterocycles. The van der Waals surface area contributed by atoms with E-state index in [9.17, 15) is 9.59 Å². The molecule has 7 heteroatoms. The SMILES string of the molecule is Cc1cc(C)nc(SCC(=O)c2cc3c(cc2Cl)NC(=O)C3)n1. The topological polar surface area (TPSA) is 72.0 Å². The largest absolute Gasteiger partial charge is 0.325 e. The van der Waals surface area contributed by atoms with Gasteiger partial charge in [0.15, 0.2) is 10.9 Å². The number of Topliss-reactive ketones (excluding diaryl/α,β-unsaturated/α-hetero) is 1. The number of thioether (sulfide) groups is 1. The van der Waals surface area contributed by atoms with Gasteiger partial charge >= 0.3 is 0 Å². The second-order valence-electron chi connectivity index (χ2n) is 5.36. The lowest BCUT2D eigenvalue weighted by atomic mass is 10.1. The Morgan fingerprint density at radius 1 is 1.26 bits per heavy atom. The highest BCUT2D eigenvalue weighted by Crippen LogP contribution is 2.30. The lowest BCUT2D eigenvalue weighted by molar-refractivity contribution is -0.115.